The molecule has 0 saturated heterocycles. The summed E-state index contributed by atoms with van der Waals surface area (Å²) in [5.41, 5.74) is 3.19. The monoisotopic (exact) mass is 383 g/mol. The number of hydrogen-bond acceptors (Lipinski definition) is 4. The number of carbonyl (C=O) groups excluding carboxylic acids is 2. The van der Waals surface area contributed by atoms with Crippen molar-refractivity contribution in [1.29, 1.82) is 0 Å². The summed E-state index contributed by atoms with van der Waals surface area (Å²) in [5.74, 6) is 0.0141. The Labute approximate surface area is 163 Å². The van der Waals surface area contributed by atoms with Crippen molar-refractivity contribution >= 4 is 28.3 Å². The third kappa shape index (κ3) is 3.90. The van der Waals surface area contributed by atoms with Gasteiger partial charge in [0.1, 0.15) is 4.88 Å². The lowest BCUT2D eigenvalue weighted by molar-refractivity contribution is -0.120. The summed E-state index contributed by atoms with van der Waals surface area (Å²) in [6.07, 6.45) is 7.26. The van der Waals surface area contributed by atoms with Gasteiger partial charge in [-0.1, -0.05) is 54.9 Å². The minimum absolute atomic E-state index is 0.0418. The van der Waals surface area contributed by atoms with Crippen molar-refractivity contribution in [2.45, 2.75) is 57.9 Å². The molecular formula is C21H25N3O2S. The van der Waals surface area contributed by atoms with Gasteiger partial charge in [-0.25, -0.2) is 4.98 Å². The average molecular weight is 384 g/mol. The topological polar surface area (TPSA) is 71.1 Å². The second-order valence-electron chi connectivity index (χ2n) is 7.52. The molecule has 5 nitrogen and oxygen atoms in total. The first kappa shape index (κ1) is 18.2. The van der Waals surface area contributed by atoms with E-state index < -0.39 is 0 Å². The Bertz CT molecular complexity index is 855. The fourth-order valence-corrected chi connectivity index (χ4v) is 5.04. The number of aromatic nitrogens is 1. The molecule has 1 unspecified atom stereocenters. The predicted octanol–water partition coefficient (Wildman–Crippen LogP) is 4.39. The molecule has 1 saturated carbocycles. The van der Waals surface area contributed by atoms with Crippen molar-refractivity contribution in [2.24, 2.45) is 5.92 Å². The first-order valence-electron chi connectivity index (χ1n) is 9.79. The number of nitrogens with one attached hydrogen (secondary N) is 2. The van der Waals surface area contributed by atoms with Gasteiger partial charge in [-0.05, 0) is 43.7 Å². The van der Waals surface area contributed by atoms with Crippen molar-refractivity contribution in [3.63, 3.8) is 0 Å². The highest BCUT2D eigenvalue weighted by molar-refractivity contribution is 7.17. The molecule has 1 aromatic heterocycles. The first-order valence-corrected chi connectivity index (χ1v) is 10.6. The number of hydrogen-bond donors (Lipinski definition) is 2. The number of fused-ring (bicyclic) bond motifs is 1. The van der Waals surface area contributed by atoms with Crippen LogP contribution in [0.5, 0.6) is 0 Å². The highest BCUT2D eigenvalue weighted by atomic mass is 32.1. The quantitative estimate of drug-likeness (QED) is 0.823. The van der Waals surface area contributed by atoms with Gasteiger partial charge in [0.05, 0.1) is 11.7 Å². The highest BCUT2D eigenvalue weighted by Gasteiger charge is 2.26. The van der Waals surface area contributed by atoms with E-state index in [1.54, 1.807) is 0 Å². The molecule has 1 atom stereocenters. The normalized spacial score (nSPS) is 19.5. The molecule has 0 bridgehead atoms. The molecule has 2 amide bonds. The minimum atomic E-state index is -0.107. The molecule has 27 heavy (non-hydrogen) atoms. The van der Waals surface area contributed by atoms with Crippen LogP contribution in [0.4, 0.5) is 5.13 Å². The van der Waals surface area contributed by atoms with Crippen molar-refractivity contribution in [1.82, 2.24) is 10.3 Å². The van der Waals surface area contributed by atoms with Crippen LogP contribution in [0.15, 0.2) is 24.3 Å². The van der Waals surface area contributed by atoms with E-state index in [9.17, 15) is 9.59 Å². The van der Waals surface area contributed by atoms with Gasteiger partial charge in [0.25, 0.3) is 5.91 Å². The largest absolute Gasteiger partial charge is 0.344 e. The molecule has 2 aromatic rings. The Morgan fingerprint density at radius 1 is 1.11 bits per heavy atom. The van der Waals surface area contributed by atoms with Crippen LogP contribution in [0, 0.1) is 12.8 Å². The van der Waals surface area contributed by atoms with E-state index in [1.165, 1.54) is 28.9 Å². The zero-order valence-corrected chi connectivity index (χ0v) is 16.4. The summed E-state index contributed by atoms with van der Waals surface area (Å²) >= 11 is 1.27. The third-order valence-corrected chi connectivity index (χ3v) is 6.72. The SMILES string of the molecule is Cc1nc(NC(=O)C2CCCCC2)sc1C(=O)NC1CCc2ccccc21. The molecule has 1 aromatic carbocycles. The van der Waals surface area contributed by atoms with Crippen LogP contribution >= 0.6 is 11.3 Å². The Balaban J connectivity index is 1.42. The Morgan fingerprint density at radius 3 is 2.70 bits per heavy atom. The van der Waals surface area contributed by atoms with E-state index in [-0.39, 0.29) is 23.8 Å². The molecule has 2 aliphatic carbocycles. The van der Waals surface area contributed by atoms with Crippen molar-refractivity contribution in [3.8, 4) is 0 Å². The summed E-state index contributed by atoms with van der Waals surface area (Å²) in [6.45, 7) is 1.82. The molecule has 2 aliphatic rings. The number of amides is 2. The van der Waals surface area contributed by atoms with Crippen LogP contribution in [0.1, 0.15) is 71.1 Å². The van der Waals surface area contributed by atoms with Gasteiger partial charge in [-0.2, -0.15) is 0 Å². The molecule has 0 spiro atoms. The van der Waals surface area contributed by atoms with E-state index in [0.717, 1.165) is 38.5 Å². The van der Waals surface area contributed by atoms with Gasteiger partial charge < -0.3 is 10.6 Å². The summed E-state index contributed by atoms with van der Waals surface area (Å²) in [7, 11) is 0. The first-order chi connectivity index (χ1) is 13.1. The van der Waals surface area contributed by atoms with Gasteiger partial charge in [0.2, 0.25) is 5.91 Å². The summed E-state index contributed by atoms with van der Waals surface area (Å²) in [6, 6.07) is 8.31. The van der Waals surface area contributed by atoms with Gasteiger partial charge in [-0.3, -0.25) is 9.59 Å². The molecule has 6 heteroatoms. The van der Waals surface area contributed by atoms with Gasteiger partial charge >= 0.3 is 0 Å². The number of aryl methyl sites for hydroxylation is 2. The van der Waals surface area contributed by atoms with E-state index in [1.807, 2.05) is 19.1 Å². The highest BCUT2D eigenvalue weighted by Crippen LogP contribution is 2.32. The maximum absolute atomic E-state index is 12.8. The summed E-state index contributed by atoms with van der Waals surface area (Å²) in [4.78, 5) is 30.2. The Morgan fingerprint density at radius 2 is 1.89 bits per heavy atom. The van der Waals surface area contributed by atoms with Crippen molar-refractivity contribution < 1.29 is 9.59 Å². The van der Waals surface area contributed by atoms with Crippen LogP contribution in [0.2, 0.25) is 0 Å². The van der Waals surface area contributed by atoms with Gasteiger partial charge in [0.15, 0.2) is 5.13 Å². The second-order valence-corrected chi connectivity index (χ2v) is 8.52. The average Bonchev–Trinajstić information content (AvgIpc) is 3.26. The second kappa shape index (κ2) is 7.80. The molecule has 1 fully saturated rings. The molecule has 2 N–H and O–H groups in total. The molecule has 0 aliphatic heterocycles. The lowest BCUT2D eigenvalue weighted by Gasteiger charge is -2.19. The zero-order valence-electron chi connectivity index (χ0n) is 15.6. The number of carbonyl (C=O) groups is 2. The van der Waals surface area contributed by atoms with E-state index in [4.69, 9.17) is 0 Å². The fraction of sp³-hybridized carbons (Fsp3) is 0.476. The minimum Gasteiger partial charge on any atom is -0.344 e. The smallest absolute Gasteiger partial charge is 0.263 e. The zero-order chi connectivity index (χ0) is 18.8. The molecule has 4 rings (SSSR count). The van der Waals surface area contributed by atoms with Crippen LogP contribution in [0.25, 0.3) is 0 Å². The van der Waals surface area contributed by atoms with Crippen LogP contribution in [-0.4, -0.2) is 16.8 Å². The number of nitrogens with zero attached hydrogens (tertiary/aromatic N) is 1. The Kier molecular flexibility index (Phi) is 5.25. The van der Waals surface area contributed by atoms with Crippen molar-refractivity contribution in [3.05, 3.63) is 46.0 Å². The number of anilines is 1. The van der Waals surface area contributed by atoms with E-state index >= 15 is 0 Å². The van der Waals surface area contributed by atoms with Crippen LogP contribution in [0.3, 0.4) is 0 Å². The third-order valence-electron chi connectivity index (χ3n) is 5.65. The van der Waals surface area contributed by atoms with E-state index in [2.05, 4.69) is 27.8 Å². The fourth-order valence-electron chi connectivity index (χ4n) is 4.16. The van der Waals surface area contributed by atoms with Crippen molar-refractivity contribution in [2.75, 3.05) is 5.32 Å². The number of rotatable bonds is 4. The number of thiazole rings is 1. The van der Waals surface area contributed by atoms with E-state index in [0.29, 0.717) is 15.7 Å². The maximum atomic E-state index is 12.8. The maximum Gasteiger partial charge on any atom is 0.263 e. The molecular weight excluding hydrogens is 358 g/mol. The standard InChI is InChI=1S/C21H25N3O2S/c1-13-18(20(26)23-17-12-11-14-7-5-6-10-16(14)17)27-21(22-13)24-19(25)15-8-3-2-4-9-15/h5-7,10,15,17H,2-4,8-9,11-12H2,1H3,(H,23,26)(H,22,24,25). The molecule has 142 valence electrons. The Hall–Kier alpha value is -2.21. The summed E-state index contributed by atoms with van der Waals surface area (Å²) in [5, 5.41) is 6.59. The number of benzene rings is 1. The van der Waals surface area contributed by atoms with Gasteiger partial charge in [0, 0.05) is 5.92 Å². The molecule has 0 radical (unpaired) electrons. The lowest BCUT2D eigenvalue weighted by atomic mass is 9.89. The summed E-state index contributed by atoms with van der Waals surface area (Å²) < 4.78 is 0. The van der Waals surface area contributed by atoms with Gasteiger partial charge in [-0.15, -0.1) is 0 Å². The molecule has 1 heterocycles. The lowest BCUT2D eigenvalue weighted by Crippen LogP contribution is -2.27. The van der Waals surface area contributed by atoms with Crippen LogP contribution in [-0.2, 0) is 11.2 Å². The predicted molar refractivity (Wildman–Crippen MR) is 107 cm³/mol. The van der Waals surface area contributed by atoms with Crippen LogP contribution < -0.4 is 10.6 Å².